The van der Waals surface area contributed by atoms with Crippen LogP contribution in [0.1, 0.15) is 19.8 Å². The van der Waals surface area contributed by atoms with Crippen LogP contribution < -0.4 is 10.6 Å². The van der Waals surface area contributed by atoms with E-state index in [0.717, 1.165) is 17.6 Å². The van der Waals surface area contributed by atoms with Crippen molar-refractivity contribution in [3.63, 3.8) is 0 Å². The lowest BCUT2D eigenvalue weighted by Gasteiger charge is -2.24. The number of hydrogen-bond donors (Lipinski definition) is 1. The number of pyridine rings is 1. The summed E-state index contributed by atoms with van der Waals surface area (Å²) in [5.74, 6) is 0. The van der Waals surface area contributed by atoms with Crippen molar-refractivity contribution in [3.05, 3.63) is 22.9 Å². The topological polar surface area (TPSA) is 42.1 Å². The van der Waals surface area contributed by atoms with Crippen LogP contribution >= 0.6 is 15.9 Å². The Morgan fingerprint density at radius 1 is 1.47 bits per heavy atom. The van der Waals surface area contributed by atoms with Crippen molar-refractivity contribution in [2.75, 3.05) is 24.5 Å². The third-order valence-corrected chi connectivity index (χ3v) is 2.88. The molecular formula is C11H18BrN3. The summed E-state index contributed by atoms with van der Waals surface area (Å²) in [6.45, 7) is 4.82. The monoisotopic (exact) mass is 271 g/mol. The Labute approximate surface area is 99.8 Å². The molecule has 0 saturated heterocycles. The minimum atomic E-state index is 0.679. The van der Waals surface area contributed by atoms with Crippen LogP contribution in [0.5, 0.6) is 0 Å². The van der Waals surface area contributed by atoms with Crippen molar-refractivity contribution in [3.8, 4) is 0 Å². The molecule has 4 heteroatoms. The zero-order valence-corrected chi connectivity index (χ0v) is 10.7. The second-order valence-corrected chi connectivity index (χ2v) is 4.31. The number of halogens is 1. The van der Waals surface area contributed by atoms with Gasteiger partial charge in [-0.05, 0) is 28.4 Å². The third kappa shape index (κ3) is 3.80. The maximum atomic E-state index is 5.62. The highest BCUT2D eigenvalue weighted by Gasteiger charge is 2.08. The van der Waals surface area contributed by atoms with Gasteiger partial charge in [-0.15, -0.1) is 0 Å². The first-order chi connectivity index (χ1) is 7.29. The zero-order valence-electron chi connectivity index (χ0n) is 9.12. The lowest BCUT2D eigenvalue weighted by molar-refractivity contribution is 0.714. The van der Waals surface area contributed by atoms with Crippen molar-refractivity contribution in [2.45, 2.75) is 19.8 Å². The van der Waals surface area contributed by atoms with Crippen molar-refractivity contribution >= 4 is 21.6 Å². The minimum Gasteiger partial charge on any atom is -0.369 e. The van der Waals surface area contributed by atoms with Gasteiger partial charge in [-0.25, -0.2) is 0 Å². The van der Waals surface area contributed by atoms with Crippen LogP contribution in [-0.4, -0.2) is 24.6 Å². The predicted molar refractivity (Wildman–Crippen MR) is 68.1 cm³/mol. The fourth-order valence-electron chi connectivity index (χ4n) is 1.48. The summed E-state index contributed by atoms with van der Waals surface area (Å²) in [5.41, 5.74) is 6.80. The number of nitrogens with zero attached hydrogens (tertiary/aromatic N) is 2. The molecule has 0 saturated carbocycles. The SMILES string of the molecule is CCCCN(CCN)c1ccncc1Br. The standard InChI is InChI=1S/C11H18BrN3/c1-2-3-7-15(8-5-13)11-4-6-14-9-10(11)12/h4,6,9H,2-3,5,7-8,13H2,1H3. The Balaban J connectivity index is 2.74. The molecule has 0 fully saturated rings. The molecule has 0 unspecified atom stereocenters. The van der Waals surface area contributed by atoms with Crippen LogP contribution in [0, 0.1) is 0 Å². The number of anilines is 1. The van der Waals surface area contributed by atoms with Crippen molar-refractivity contribution < 1.29 is 0 Å². The fourth-order valence-corrected chi connectivity index (χ4v) is 1.98. The summed E-state index contributed by atoms with van der Waals surface area (Å²) in [7, 11) is 0. The molecular weight excluding hydrogens is 254 g/mol. The van der Waals surface area contributed by atoms with Crippen molar-refractivity contribution in [1.29, 1.82) is 0 Å². The molecule has 0 aliphatic heterocycles. The molecule has 0 radical (unpaired) electrons. The highest BCUT2D eigenvalue weighted by Crippen LogP contribution is 2.24. The first kappa shape index (κ1) is 12.5. The second kappa shape index (κ2) is 6.80. The Morgan fingerprint density at radius 3 is 2.87 bits per heavy atom. The number of nitrogens with two attached hydrogens (primary N) is 1. The molecule has 2 N–H and O–H groups in total. The molecule has 0 aliphatic carbocycles. The number of unbranched alkanes of at least 4 members (excludes halogenated alkanes) is 1. The minimum absolute atomic E-state index is 0.679. The van der Waals surface area contributed by atoms with E-state index in [2.05, 4.69) is 32.7 Å². The molecule has 1 heterocycles. The average Bonchev–Trinajstić information content (AvgIpc) is 2.25. The van der Waals surface area contributed by atoms with E-state index in [-0.39, 0.29) is 0 Å². The van der Waals surface area contributed by atoms with E-state index in [4.69, 9.17) is 5.73 Å². The summed E-state index contributed by atoms with van der Waals surface area (Å²) in [6.07, 6.45) is 6.03. The molecule has 0 amide bonds. The molecule has 0 aliphatic rings. The van der Waals surface area contributed by atoms with Crippen LogP contribution in [0.3, 0.4) is 0 Å². The van der Waals surface area contributed by atoms with E-state index in [1.54, 1.807) is 0 Å². The average molecular weight is 272 g/mol. The first-order valence-electron chi connectivity index (χ1n) is 5.34. The van der Waals surface area contributed by atoms with E-state index in [0.29, 0.717) is 6.54 Å². The van der Waals surface area contributed by atoms with E-state index >= 15 is 0 Å². The number of aromatic nitrogens is 1. The van der Waals surface area contributed by atoms with Crippen LogP contribution in [0.2, 0.25) is 0 Å². The maximum Gasteiger partial charge on any atom is 0.0592 e. The van der Waals surface area contributed by atoms with Gasteiger partial charge in [0.15, 0.2) is 0 Å². The molecule has 1 rings (SSSR count). The van der Waals surface area contributed by atoms with Crippen molar-refractivity contribution in [2.24, 2.45) is 5.73 Å². The van der Waals surface area contributed by atoms with Crippen LogP contribution in [0.4, 0.5) is 5.69 Å². The largest absolute Gasteiger partial charge is 0.369 e. The highest BCUT2D eigenvalue weighted by atomic mass is 79.9. The van der Waals surface area contributed by atoms with Gasteiger partial charge in [-0.1, -0.05) is 13.3 Å². The lowest BCUT2D eigenvalue weighted by Crippen LogP contribution is -2.30. The fraction of sp³-hybridized carbons (Fsp3) is 0.545. The van der Waals surface area contributed by atoms with Gasteiger partial charge in [0.1, 0.15) is 0 Å². The summed E-state index contributed by atoms with van der Waals surface area (Å²) >= 11 is 3.51. The van der Waals surface area contributed by atoms with Gasteiger partial charge in [-0.3, -0.25) is 4.98 Å². The van der Waals surface area contributed by atoms with E-state index in [1.165, 1.54) is 18.5 Å². The van der Waals surface area contributed by atoms with Gasteiger partial charge < -0.3 is 10.6 Å². The van der Waals surface area contributed by atoms with Gasteiger partial charge in [-0.2, -0.15) is 0 Å². The van der Waals surface area contributed by atoms with Crippen LogP contribution in [0.25, 0.3) is 0 Å². The molecule has 84 valence electrons. The second-order valence-electron chi connectivity index (χ2n) is 3.46. The Kier molecular flexibility index (Phi) is 5.65. The molecule has 15 heavy (non-hydrogen) atoms. The Hall–Kier alpha value is -0.610. The van der Waals surface area contributed by atoms with Gasteiger partial charge >= 0.3 is 0 Å². The molecule has 1 aromatic rings. The normalized spacial score (nSPS) is 10.3. The molecule has 1 aromatic heterocycles. The Bertz CT molecular complexity index is 291. The molecule has 0 spiro atoms. The Morgan fingerprint density at radius 2 is 2.27 bits per heavy atom. The molecule has 0 aromatic carbocycles. The summed E-state index contributed by atoms with van der Waals surface area (Å²) < 4.78 is 1.04. The number of rotatable bonds is 6. The quantitative estimate of drug-likeness (QED) is 0.864. The predicted octanol–water partition coefficient (Wildman–Crippen LogP) is 2.41. The summed E-state index contributed by atoms with van der Waals surface area (Å²) in [6, 6.07) is 2.02. The third-order valence-electron chi connectivity index (χ3n) is 2.27. The highest BCUT2D eigenvalue weighted by molar-refractivity contribution is 9.10. The lowest BCUT2D eigenvalue weighted by atomic mass is 10.2. The van der Waals surface area contributed by atoms with Gasteiger partial charge in [0.05, 0.1) is 10.2 Å². The van der Waals surface area contributed by atoms with Crippen LogP contribution in [0.15, 0.2) is 22.9 Å². The van der Waals surface area contributed by atoms with Crippen LogP contribution in [-0.2, 0) is 0 Å². The van der Waals surface area contributed by atoms with E-state index < -0.39 is 0 Å². The first-order valence-corrected chi connectivity index (χ1v) is 6.13. The molecule has 0 bridgehead atoms. The molecule has 3 nitrogen and oxygen atoms in total. The smallest absolute Gasteiger partial charge is 0.0592 e. The summed E-state index contributed by atoms with van der Waals surface area (Å²) in [4.78, 5) is 6.36. The number of hydrogen-bond acceptors (Lipinski definition) is 3. The zero-order chi connectivity index (χ0) is 11.1. The van der Waals surface area contributed by atoms with E-state index in [9.17, 15) is 0 Å². The van der Waals surface area contributed by atoms with E-state index in [1.807, 2.05) is 18.5 Å². The van der Waals surface area contributed by atoms with Gasteiger partial charge in [0, 0.05) is 32.0 Å². The maximum absolute atomic E-state index is 5.62. The van der Waals surface area contributed by atoms with Gasteiger partial charge in [0.2, 0.25) is 0 Å². The summed E-state index contributed by atoms with van der Waals surface area (Å²) in [5, 5.41) is 0. The van der Waals surface area contributed by atoms with Gasteiger partial charge in [0.25, 0.3) is 0 Å². The van der Waals surface area contributed by atoms with Crippen molar-refractivity contribution in [1.82, 2.24) is 4.98 Å². The molecule has 0 atom stereocenters.